The molecule has 0 spiro atoms. The molecule has 0 aliphatic rings. The van der Waals surface area contributed by atoms with E-state index in [-0.39, 0.29) is 6.04 Å². The zero-order chi connectivity index (χ0) is 14.2. The molecule has 0 aliphatic heterocycles. The summed E-state index contributed by atoms with van der Waals surface area (Å²) in [7, 11) is 0. The maximum absolute atomic E-state index is 12.4. The molecular weight excluding hydrogens is 247 g/mol. The van der Waals surface area contributed by atoms with Gasteiger partial charge in [-0.25, -0.2) is 0 Å². The fourth-order valence-corrected chi connectivity index (χ4v) is 1.78. The summed E-state index contributed by atoms with van der Waals surface area (Å²) < 4.78 is 37.3. The van der Waals surface area contributed by atoms with E-state index < -0.39 is 24.6 Å². The molecule has 18 heavy (non-hydrogen) atoms. The Morgan fingerprint density at radius 2 is 1.83 bits per heavy atom. The molecule has 0 aromatic heterocycles. The predicted octanol–water partition coefficient (Wildman–Crippen LogP) is 3.20. The number of carbonyl (C=O) groups is 1. The number of carboxylic acids is 1. The SMILES string of the molecule is CCCCC(CCC)NCC(C(=O)O)C(F)(F)F. The second-order valence-corrected chi connectivity index (χ2v) is 4.47. The monoisotopic (exact) mass is 269 g/mol. The van der Waals surface area contributed by atoms with Crippen molar-refractivity contribution in [1.82, 2.24) is 5.32 Å². The highest BCUT2D eigenvalue weighted by Gasteiger charge is 2.44. The van der Waals surface area contributed by atoms with E-state index in [1.54, 1.807) is 0 Å². The standard InChI is InChI=1S/C12H22F3NO2/c1-3-5-7-9(6-4-2)16-8-10(11(17)18)12(13,14)15/h9-10,16H,3-8H2,1-2H3,(H,17,18). The summed E-state index contributed by atoms with van der Waals surface area (Å²) >= 11 is 0. The van der Waals surface area contributed by atoms with Crippen molar-refractivity contribution in [3.05, 3.63) is 0 Å². The second-order valence-electron chi connectivity index (χ2n) is 4.47. The lowest BCUT2D eigenvalue weighted by molar-refractivity contribution is -0.192. The molecule has 0 saturated carbocycles. The number of aliphatic carboxylic acids is 1. The number of unbranched alkanes of at least 4 members (excludes halogenated alkanes) is 1. The maximum Gasteiger partial charge on any atom is 0.403 e. The molecule has 0 fully saturated rings. The average Bonchev–Trinajstić information content (AvgIpc) is 2.23. The quantitative estimate of drug-likeness (QED) is 0.675. The first kappa shape index (κ1) is 17.2. The average molecular weight is 269 g/mol. The number of alkyl halides is 3. The van der Waals surface area contributed by atoms with Crippen LogP contribution in [0.3, 0.4) is 0 Å². The summed E-state index contributed by atoms with van der Waals surface area (Å²) in [5.74, 6) is -4.14. The van der Waals surface area contributed by atoms with Crippen molar-refractivity contribution in [3.8, 4) is 0 Å². The molecule has 2 unspecified atom stereocenters. The third kappa shape index (κ3) is 6.83. The Hall–Kier alpha value is -0.780. The van der Waals surface area contributed by atoms with Crippen molar-refractivity contribution in [3.63, 3.8) is 0 Å². The van der Waals surface area contributed by atoms with E-state index in [0.717, 1.165) is 32.1 Å². The highest BCUT2D eigenvalue weighted by atomic mass is 19.4. The van der Waals surface area contributed by atoms with E-state index in [9.17, 15) is 18.0 Å². The molecule has 6 heteroatoms. The first-order valence-corrected chi connectivity index (χ1v) is 6.35. The molecule has 2 atom stereocenters. The fraction of sp³-hybridized carbons (Fsp3) is 0.917. The minimum Gasteiger partial charge on any atom is -0.481 e. The molecule has 0 aromatic rings. The van der Waals surface area contributed by atoms with Crippen LogP contribution in [-0.4, -0.2) is 29.8 Å². The van der Waals surface area contributed by atoms with E-state index in [4.69, 9.17) is 5.11 Å². The predicted molar refractivity (Wildman–Crippen MR) is 63.4 cm³/mol. The Morgan fingerprint density at radius 1 is 1.22 bits per heavy atom. The first-order chi connectivity index (χ1) is 8.32. The van der Waals surface area contributed by atoms with Gasteiger partial charge in [-0.3, -0.25) is 4.79 Å². The molecule has 0 heterocycles. The van der Waals surface area contributed by atoms with Gasteiger partial charge in [0.15, 0.2) is 5.92 Å². The maximum atomic E-state index is 12.4. The van der Waals surface area contributed by atoms with Crippen LogP contribution in [-0.2, 0) is 4.79 Å². The van der Waals surface area contributed by atoms with Crippen LogP contribution in [0.5, 0.6) is 0 Å². The van der Waals surface area contributed by atoms with E-state index in [1.165, 1.54) is 0 Å². The van der Waals surface area contributed by atoms with Gasteiger partial charge >= 0.3 is 12.1 Å². The third-order valence-electron chi connectivity index (χ3n) is 2.85. The molecule has 0 aromatic carbocycles. The van der Waals surface area contributed by atoms with Gasteiger partial charge in [-0.2, -0.15) is 13.2 Å². The van der Waals surface area contributed by atoms with Crippen LogP contribution in [0.4, 0.5) is 13.2 Å². The van der Waals surface area contributed by atoms with Crippen LogP contribution >= 0.6 is 0 Å². The smallest absolute Gasteiger partial charge is 0.403 e. The van der Waals surface area contributed by atoms with Crippen LogP contribution < -0.4 is 5.32 Å². The van der Waals surface area contributed by atoms with E-state index in [0.29, 0.717) is 0 Å². The van der Waals surface area contributed by atoms with Crippen molar-refractivity contribution >= 4 is 5.97 Å². The molecule has 108 valence electrons. The number of hydrogen-bond acceptors (Lipinski definition) is 2. The Bertz CT molecular complexity index is 244. The number of nitrogens with one attached hydrogen (secondary N) is 1. The van der Waals surface area contributed by atoms with Crippen LogP contribution in [0.25, 0.3) is 0 Å². The lowest BCUT2D eigenvalue weighted by Crippen LogP contribution is -2.42. The van der Waals surface area contributed by atoms with Gasteiger partial charge in [0.25, 0.3) is 0 Å². The summed E-state index contributed by atoms with van der Waals surface area (Å²) in [5.41, 5.74) is 0. The Labute approximate surface area is 106 Å². The summed E-state index contributed by atoms with van der Waals surface area (Å²) in [6, 6.07) is -0.0286. The summed E-state index contributed by atoms with van der Waals surface area (Å²) in [4.78, 5) is 10.6. The fourth-order valence-electron chi connectivity index (χ4n) is 1.78. The number of hydrogen-bond donors (Lipinski definition) is 2. The van der Waals surface area contributed by atoms with Crippen LogP contribution in [0.1, 0.15) is 46.0 Å². The van der Waals surface area contributed by atoms with Gasteiger partial charge in [-0.15, -0.1) is 0 Å². The van der Waals surface area contributed by atoms with Crippen LogP contribution in [0, 0.1) is 5.92 Å². The van der Waals surface area contributed by atoms with E-state index in [2.05, 4.69) is 5.32 Å². The van der Waals surface area contributed by atoms with Gasteiger partial charge in [0.2, 0.25) is 0 Å². The number of carboxylic acid groups (broad SMARTS) is 1. The van der Waals surface area contributed by atoms with Crippen molar-refractivity contribution in [2.45, 2.75) is 58.2 Å². The Balaban J connectivity index is 4.32. The van der Waals surface area contributed by atoms with E-state index in [1.807, 2.05) is 13.8 Å². The lowest BCUT2D eigenvalue weighted by atomic mass is 10.0. The van der Waals surface area contributed by atoms with Gasteiger partial charge in [0, 0.05) is 12.6 Å². The normalized spacial score (nSPS) is 15.4. The summed E-state index contributed by atoms with van der Waals surface area (Å²) in [6.07, 6.45) is -0.366. The highest BCUT2D eigenvalue weighted by Crippen LogP contribution is 2.26. The van der Waals surface area contributed by atoms with Crippen molar-refractivity contribution < 1.29 is 23.1 Å². The zero-order valence-corrected chi connectivity index (χ0v) is 10.9. The molecule has 0 amide bonds. The van der Waals surface area contributed by atoms with Crippen molar-refractivity contribution in [2.24, 2.45) is 5.92 Å². The van der Waals surface area contributed by atoms with Gasteiger partial charge in [-0.1, -0.05) is 33.1 Å². The molecule has 0 radical (unpaired) electrons. The molecule has 0 rings (SSSR count). The number of rotatable bonds is 9. The van der Waals surface area contributed by atoms with Gasteiger partial charge in [0.1, 0.15) is 0 Å². The minimum atomic E-state index is -4.69. The topological polar surface area (TPSA) is 49.3 Å². The highest BCUT2D eigenvalue weighted by molar-refractivity contribution is 5.71. The molecule has 3 nitrogen and oxygen atoms in total. The van der Waals surface area contributed by atoms with Gasteiger partial charge < -0.3 is 10.4 Å². The molecular formula is C12H22F3NO2. The van der Waals surface area contributed by atoms with E-state index >= 15 is 0 Å². The Kier molecular flexibility index (Phi) is 7.98. The largest absolute Gasteiger partial charge is 0.481 e. The van der Waals surface area contributed by atoms with Crippen molar-refractivity contribution in [2.75, 3.05) is 6.54 Å². The molecule has 0 aliphatic carbocycles. The van der Waals surface area contributed by atoms with Crippen LogP contribution in [0.2, 0.25) is 0 Å². The minimum absolute atomic E-state index is 0.0286. The van der Waals surface area contributed by atoms with Crippen LogP contribution in [0.15, 0.2) is 0 Å². The van der Waals surface area contributed by atoms with Crippen molar-refractivity contribution in [1.29, 1.82) is 0 Å². The molecule has 0 saturated heterocycles. The number of halogens is 3. The summed E-state index contributed by atoms with van der Waals surface area (Å²) in [5, 5.41) is 11.3. The first-order valence-electron chi connectivity index (χ1n) is 6.35. The van der Waals surface area contributed by atoms with Gasteiger partial charge in [-0.05, 0) is 12.8 Å². The lowest BCUT2D eigenvalue weighted by Gasteiger charge is -2.22. The Morgan fingerprint density at radius 3 is 2.22 bits per heavy atom. The zero-order valence-electron chi connectivity index (χ0n) is 10.9. The molecule has 0 bridgehead atoms. The summed E-state index contributed by atoms with van der Waals surface area (Å²) in [6.45, 7) is 3.42. The second kappa shape index (κ2) is 8.34. The molecule has 2 N–H and O–H groups in total. The third-order valence-corrected chi connectivity index (χ3v) is 2.85. The van der Waals surface area contributed by atoms with Gasteiger partial charge in [0.05, 0.1) is 0 Å².